The number of hydrogen-bond acceptors (Lipinski definition) is 6. The minimum atomic E-state index is -0.0776. The van der Waals surface area contributed by atoms with Gasteiger partial charge in [0, 0.05) is 19.7 Å². The van der Waals surface area contributed by atoms with E-state index in [1.54, 1.807) is 18.0 Å². The molecular formula is C10H17N5O2. The van der Waals surface area contributed by atoms with Gasteiger partial charge in [0.05, 0.1) is 13.7 Å². The van der Waals surface area contributed by atoms with E-state index in [1.165, 1.54) is 7.11 Å². The topological polar surface area (TPSA) is 93.4 Å². The lowest BCUT2D eigenvalue weighted by molar-refractivity contribution is -0.119. The highest BCUT2D eigenvalue weighted by molar-refractivity contribution is 5.80. The van der Waals surface area contributed by atoms with Crippen molar-refractivity contribution < 1.29 is 9.53 Å². The van der Waals surface area contributed by atoms with Gasteiger partial charge in [-0.3, -0.25) is 4.79 Å². The number of anilines is 2. The first-order chi connectivity index (χ1) is 8.06. The Kier molecular flexibility index (Phi) is 4.50. The molecule has 0 fully saturated rings. The van der Waals surface area contributed by atoms with Crippen molar-refractivity contribution in [2.75, 3.05) is 37.9 Å². The summed E-state index contributed by atoms with van der Waals surface area (Å²) in [5.74, 6) is 0.948. The number of aromatic nitrogens is 2. The Bertz CT molecular complexity index is 396. The molecule has 0 saturated carbocycles. The van der Waals surface area contributed by atoms with Gasteiger partial charge in [-0.05, 0) is 6.92 Å². The molecule has 1 rings (SSSR count). The van der Waals surface area contributed by atoms with Gasteiger partial charge in [-0.2, -0.15) is 9.97 Å². The Morgan fingerprint density at radius 1 is 1.59 bits per heavy atom. The number of rotatable bonds is 5. The molecule has 17 heavy (non-hydrogen) atoms. The smallest absolute Gasteiger partial charge is 0.239 e. The monoisotopic (exact) mass is 239 g/mol. The van der Waals surface area contributed by atoms with Gasteiger partial charge in [-0.25, -0.2) is 0 Å². The van der Waals surface area contributed by atoms with Gasteiger partial charge in [0.2, 0.25) is 17.7 Å². The second-order valence-electron chi connectivity index (χ2n) is 3.44. The summed E-state index contributed by atoms with van der Waals surface area (Å²) in [7, 11) is 3.24. The van der Waals surface area contributed by atoms with E-state index in [9.17, 15) is 4.79 Å². The number of methoxy groups -OCH3 is 1. The first-order valence-corrected chi connectivity index (χ1v) is 5.23. The lowest BCUT2D eigenvalue weighted by Crippen LogP contribution is -2.35. The Balaban J connectivity index is 2.77. The van der Waals surface area contributed by atoms with Crippen molar-refractivity contribution in [3.8, 4) is 5.88 Å². The highest BCUT2D eigenvalue weighted by Gasteiger charge is 2.10. The summed E-state index contributed by atoms with van der Waals surface area (Å²) in [4.78, 5) is 21.0. The number of nitrogen functional groups attached to an aromatic ring is 1. The third-order valence-corrected chi connectivity index (χ3v) is 2.06. The van der Waals surface area contributed by atoms with Crippen LogP contribution < -0.4 is 20.7 Å². The molecule has 0 atom stereocenters. The zero-order valence-electron chi connectivity index (χ0n) is 10.2. The first kappa shape index (κ1) is 13.0. The second-order valence-corrected chi connectivity index (χ2v) is 3.44. The van der Waals surface area contributed by atoms with Crippen LogP contribution in [0.1, 0.15) is 6.92 Å². The van der Waals surface area contributed by atoms with Gasteiger partial charge in [-0.1, -0.05) is 0 Å². The van der Waals surface area contributed by atoms with Gasteiger partial charge >= 0.3 is 0 Å². The molecule has 1 aromatic rings. The molecule has 0 aliphatic heterocycles. The normalized spacial score (nSPS) is 9.82. The Morgan fingerprint density at radius 2 is 2.29 bits per heavy atom. The average molecular weight is 239 g/mol. The molecule has 0 saturated heterocycles. The fourth-order valence-electron chi connectivity index (χ4n) is 1.28. The van der Waals surface area contributed by atoms with E-state index in [2.05, 4.69) is 15.3 Å². The van der Waals surface area contributed by atoms with Crippen molar-refractivity contribution in [1.29, 1.82) is 0 Å². The summed E-state index contributed by atoms with van der Waals surface area (Å²) in [6.45, 7) is 2.67. The van der Waals surface area contributed by atoms with Crippen molar-refractivity contribution in [1.82, 2.24) is 15.3 Å². The fourth-order valence-corrected chi connectivity index (χ4v) is 1.28. The molecule has 0 unspecified atom stereocenters. The van der Waals surface area contributed by atoms with E-state index >= 15 is 0 Å². The summed E-state index contributed by atoms with van der Waals surface area (Å²) >= 11 is 0. The lowest BCUT2D eigenvalue weighted by Gasteiger charge is -2.17. The van der Waals surface area contributed by atoms with Crippen LogP contribution in [0.2, 0.25) is 0 Å². The van der Waals surface area contributed by atoms with Gasteiger partial charge in [0.15, 0.2) is 0 Å². The highest BCUT2D eigenvalue weighted by Crippen LogP contribution is 2.16. The van der Waals surface area contributed by atoms with E-state index in [0.717, 1.165) is 0 Å². The van der Waals surface area contributed by atoms with Crippen LogP contribution in [-0.2, 0) is 4.79 Å². The number of nitrogens with two attached hydrogens (primary N) is 1. The predicted molar refractivity (Wildman–Crippen MR) is 65.0 cm³/mol. The minimum absolute atomic E-state index is 0.0776. The Hall–Kier alpha value is -2.05. The Morgan fingerprint density at radius 3 is 2.88 bits per heavy atom. The SMILES string of the molecule is CCNC(=O)CN(C)c1cc(OC)nc(N)n1. The molecule has 0 aromatic carbocycles. The molecule has 1 amide bonds. The molecule has 3 N–H and O–H groups in total. The van der Waals surface area contributed by atoms with Gasteiger partial charge in [-0.15, -0.1) is 0 Å². The van der Waals surface area contributed by atoms with E-state index in [4.69, 9.17) is 10.5 Å². The van der Waals surface area contributed by atoms with Crippen molar-refractivity contribution >= 4 is 17.7 Å². The molecule has 0 aliphatic carbocycles. The van der Waals surface area contributed by atoms with Crippen LogP contribution >= 0.6 is 0 Å². The zero-order valence-corrected chi connectivity index (χ0v) is 10.2. The average Bonchev–Trinajstić information content (AvgIpc) is 2.28. The molecule has 0 bridgehead atoms. The number of carbonyl (C=O) groups excluding carboxylic acids is 1. The van der Waals surface area contributed by atoms with Crippen LogP contribution in [-0.4, -0.2) is 43.1 Å². The van der Waals surface area contributed by atoms with E-state index in [0.29, 0.717) is 18.2 Å². The van der Waals surface area contributed by atoms with Crippen LogP contribution in [0.25, 0.3) is 0 Å². The van der Waals surface area contributed by atoms with Crippen LogP contribution in [0.4, 0.5) is 11.8 Å². The zero-order chi connectivity index (χ0) is 12.8. The van der Waals surface area contributed by atoms with Crippen LogP contribution in [0.5, 0.6) is 5.88 Å². The number of carbonyl (C=O) groups is 1. The van der Waals surface area contributed by atoms with Gasteiger partial charge < -0.3 is 20.7 Å². The number of ether oxygens (including phenoxy) is 1. The van der Waals surface area contributed by atoms with Crippen LogP contribution in [0, 0.1) is 0 Å². The maximum absolute atomic E-state index is 11.4. The third kappa shape index (κ3) is 3.78. The standard InChI is InChI=1S/C10H17N5O2/c1-4-12-8(16)6-15(2)7-5-9(17-3)14-10(11)13-7/h5H,4,6H2,1-3H3,(H,12,16)(H2,11,13,14). The third-order valence-electron chi connectivity index (χ3n) is 2.06. The molecule has 1 heterocycles. The van der Waals surface area contributed by atoms with Crippen molar-refractivity contribution in [3.05, 3.63) is 6.07 Å². The van der Waals surface area contributed by atoms with E-state index in [-0.39, 0.29) is 18.4 Å². The lowest BCUT2D eigenvalue weighted by atomic mass is 10.4. The van der Waals surface area contributed by atoms with Crippen molar-refractivity contribution in [3.63, 3.8) is 0 Å². The summed E-state index contributed by atoms with van der Waals surface area (Å²) in [5, 5.41) is 2.70. The summed E-state index contributed by atoms with van der Waals surface area (Å²) in [6, 6.07) is 1.62. The number of hydrogen-bond donors (Lipinski definition) is 2. The first-order valence-electron chi connectivity index (χ1n) is 5.23. The fraction of sp³-hybridized carbons (Fsp3) is 0.500. The second kappa shape index (κ2) is 5.88. The molecule has 0 aliphatic rings. The molecule has 1 aromatic heterocycles. The highest BCUT2D eigenvalue weighted by atomic mass is 16.5. The Labute approximate surface area is 100.0 Å². The molecule has 94 valence electrons. The van der Waals surface area contributed by atoms with Crippen LogP contribution in [0.15, 0.2) is 6.07 Å². The number of nitrogens with one attached hydrogen (secondary N) is 1. The van der Waals surface area contributed by atoms with Gasteiger partial charge in [0.25, 0.3) is 0 Å². The quantitative estimate of drug-likeness (QED) is 0.729. The number of nitrogens with zero attached hydrogens (tertiary/aromatic N) is 3. The van der Waals surface area contributed by atoms with Crippen LogP contribution in [0.3, 0.4) is 0 Å². The maximum Gasteiger partial charge on any atom is 0.239 e. The number of likely N-dealkylation sites (N-methyl/N-ethyl adjacent to an activating group) is 2. The van der Waals surface area contributed by atoms with Crippen molar-refractivity contribution in [2.24, 2.45) is 0 Å². The molecule has 0 spiro atoms. The molecule has 7 nitrogen and oxygen atoms in total. The molecule has 0 radical (unpaired) electrons. The summed E-state index contributed by atoms with van der Waals surface area (Å²) in [6.07, 6.45) is 0. The summed E-state index contributed by atoms with van der Waals surface area (Å²) in [5.41, 5.74) is 5.53. The van der Waals surface area contributed by atoms with Crippen molar-refractivity contribution in [2.45, 2.75) is 6.92 Å². The molecular weight excluding hydrogens is 222 g/mol. The largest absolute Gasteiger partial charge is 0.481 e. The minimum Gasteiger partial charge on any atom is -0.481 e. The predicted octanol–water partition coefficient (Wildman–Crippen LogP) is -0.360. The number of amides is 1. The summed E-state index contributed by atoms with van der Waals surface area (Å²) < 4.78 is 4.98. The van der Waals surface area contributed by atoms with E-state index < -0.39 is 0 Å². The van der Waals surface area contributed by atoms with Gasteiger partial charge in [0.1, 0.15) is 5.82 Å². The molecule has 7 heteroatoms. The van der Waals surface area contributed by atoms with E-state index in [1.807, 2.05) is 6.92 Å². The maximum atomic E-state index is 11.4.